The summed E-state index contributed by atoms with van der Waals surface area (Å²) < 4.78 is 22.8. The molecule has 0 aliphatic heterocycles. The third-order valence-electron chi connectivity index (χ3n) is 4.71. The lowest BCUT2D eigenvalue weighted by Gasteiger charge is -2.14. The van der Waals surface area contributed by atoms with Crippen LogP contribution in [0, 0.1) is 5.82 Å². The number of rotatable bonds is 4. The van der Waals surface area contributed by atoms with Gasteiger partial charge in [0.05, 0.1) is 22.4 Å². The van der Waals surface area contributed by atoms with Gasteiger partial charge in [-0.2, -0.15) is 0 Å². The number of nitrogens with one attached hydrogen (secondary N) is 2. The van der Waals surface area contributed by atoms with E-state index in [1.54, 1.807) is 44.4 Å². The maximum absolute atomic E-state index is 13.9. The highest BCUT2D eigenvalue weighted by atomic mass is 19.1. The van der Waals surface area contributed by atoms with Crippen LogP contribution in [0.25, 0.3) is 11.0 Å². The standard InChI is InChI=1S/C22H19FN4O3/c1-26-18-12-17(25-21(28)24-16-11-7-6-10-15(16)23)20(13-19(18)27(2)22(26)29)30-14-8-4-3-5-9-14/h3-13H,1-2H3,(H2,24,25,28). The van der Waals surface area contributed by atoms with Crippen molar-refractivity contribution in [3.63, 3.8) is 0 Å². The maximum Gasteiger partial charge on any atom is 0.328 e. The molecule has 4 aromatic rings. The van der Waals surface area contributed by atoms with Crippen molar-refractivity contribution in [2.45, 2.75) is 0 Å². The number of hydrogen-bond donors (Lipinski definition) is 2. The van der Waals surface area contributed by atoms with Crippen molar-refractivity contribution in [1.29, 1.82) is 0 Å². The first-order valence-corrected chi connectivity index (χ1v) is 9.19. The van der Waals surface area contributed by atoms with Crippen molar-refractivity contribution in [1.82, 2.24) is 9.13 Å². The number of hydrogen-bond acceptors (Lipinski definition) is 3. The number of para-hydroxylation sites is 2. The number of urea groups is 1. The normalized spacial score (nSPS) is 10.8. The molecule has 0 bridgehead atoms. The summed E-state index contributed by atoms with van der Waals surface area (Å²) in [6, 6.07) is 17.6. The molecule has 0 aliphatic rings. The molecule has 0 fully saturated rings. The van der Waals surface area contributed by atoms with Gasteiger partial charge in [-0.15, -0.1) is 0 Å². The van der Waals surface area contributed by atoms with Crippen LogP contribution in [0.15, 0.2) is 71.5 Å². The van der Waals surface area contributed by atoms with E-state index in [9.17, 15) is 14.0 Å². The molecule has 152 valence electrons. The number of benzene rings is 3. The Morgan fingerprint density at radius 3 is 2.17 bits per heavy atom. The van der Waals surface area contributed by atoms with Gasteiger partial charge in [-0.05, 0) is 30.3 Å². The minimum absolute atomic E-state index is 0.0497. The summed E-state index contributed by atoms with van der Waals surface area (Å²) in [4.78, 5) is 24.8. The summed E-state index contributed by atoms with van der Waals surface area (Å²) >= 11 is 0. The molecule has 7 nitrogen and oxygen atoms in total. The number of aryl methyl sites for hydroxylation is 2. The maximum atomic E-state index is 13.9. The number of halogens is 1. The van der Waals surface area contributed by atoms with Crippen LogP contribution < -0.4 is 21.1 Å². The first-order chi connectivity index (χ1) is 14.4. The van der Waals surface area contributed by atoms with Gasteiger partial charge in [0, 0.05) is 20.2 Å². The largest absolute Gasteiger partial charge is 0.455 e. The molecule has 0 unspecified atom stereocenters. The molecule has 0 saturated heterocycles. The van der Waals surface area contributed by atoms with Crippen LogP contribution in [0.3, 0.4) is 0 Å². The number of imidazole rings is 1. The highest BCUT2D eigenvalue weighted by Crippen LogP contribution is 2.33. The van der Waals surface area contributed by atoms with Crippen LogP contribution in [0.2, 0.25) is 0 Å². The van der Waals surface area contributed by atoms with Crippen LogP contribution in [-0.2, 0) is 14.1 Å². The van der Waals surface area contributed by atoms with Crippen molar-refractivity contribution in [3.05, 3.63) is 83.0 Å². The fraction of sp³-hybridized carbons (Fsp3) is 0.0909. The number of amides is 2. The molecule has 0 saturated carbocycles. The zero-order valence-corrected chi connectivity index (χ0v) is 16.3. The molecular formula is C22H19FN4O3. The van der Waals surface area contributed by atoms with E-state index in [2.05, 4.69) is 10.6 Å². The molecule has 4 rings (SSSR count). The average Bonchev–Trinajstić information content (AvgIpc) is 2.94. The Balaban J connectivity index is 1.73. The number of carbonyl (C=O) groups is 1. The van der Waals surface area contributed by atoms with Gasteiger partial charge < -0.3 is 15.4 Å². The summed E-state index contributed by atoms with van der Waals surface area (Å²) in [5.41, 5.74) is 1.44. The number of ether oxygens (including phenoxy) is 1. The Labute approximate surface area is 171 Å². The van der Waals surface area contributed by atoms with Gasteiger partial charge in [-0.1, -0.05) is 30.3 Å². The molecule has 0 atom stereocenters. The summed E-state index contributed by atoms with van der Waals surface area (Å²) in [6.07, 6.45) is 0. The lowest BCUT2D eigenvalue weighted by atomic mass is 10.2. The lowest BCUT2D eigenvalue weighted by Crippen LogP contribution is -2.20. The molecule has 30 heavy (non-hydrogen) atoms. The summed E-state index contributed by atoms with van der Waals surface area (Å²) in [6.45, 7) is 0. The van der Waals surface area contributed by atoms with Gasteiger partial charge in [0.1, 0.15) is 11.6 Å². The first kappa shape index (κ1) is 19.3. The molecule has 1 heterocycles. The quantitative estimate of drug-likeness (QED) is 0.526. The summed E-state index contributed by atoms with van der Waals surface area (Å²) in [5.74, 6) is 0.364. The van der Waals surface area contributed by atoms with E-state index < -0.39 is 11.8 Å². The number of carbonyl (C=O) groups excluding carboxylic acids is 1. The highest BCUT2D eigenvalue weighted by molar-refractivity contribution is 6.02. The molecule has 0 aliphatic carbocycles. The molecule has 0 radical (unpaired) electrons. The Kier molecular flexibility index (Phi) is 4.97. The van der Waals surface area contributed by atoms with E-state index in [0.29, 0.717) is 28.2 Å². The van der Waals surface area contributed by atoms with Gasteiger partial charge in [-0.25, -0.2) is 14.0 Å². The highest BCUT2D eigenvalue weighted by Gasteiger charge is 2.16. The summed E-state index contributed by atoms with van der Waals surface area (Å²) in [5, 5.41) is 5.16. The Morgan fingerprint density at radius 2 is 1.47 bits per heavy atom. The molecule has 8 heteroatoms. The van der Waals surface area contributed by atoms with Gasteiger partial charge in [0.15, 0.2) is 5.75 Å². The van der Waals surface area contributed by atoms with Crippen LogP contribution in [0.1, 0.15) is 0 Å². The van der Waals surface area contributed by atoms with E-state index in [1.165, 1.54) is 27.3 Å². The van der Waals surface area contributed by atoms with Crippen LogP contribution >= 0.6 is 0 Å². The van der Waals surface area contributed by atoms with E-state index in [-0.39, 0.29) is 11.4 Å². The minimum atomic E-state index is -0.640. The van der Waals surface area contributed by atoms with E-state index in [0.717, 1.165) is 0 Å². The Morgan fingerprint density at radius 1 is 0.867 bits per heavy atom. The van der Waals surface area contributed by atoms with Crippen LogP contribution in [0.5, 0.6) is 11.5 Å². The van der Waals surface area contributed by atoms with Crippen molar-refractivity contribution in [2.75, 3.05) is 10.6 Å². The van der Waals surface area contributed by atoms with E-state index >= 15 is 0 Å². The van der Waals surface area contributed by atoms with Gasteiger partial charge >= 0.3 is 11.7 Å². The smallest absolute Gasteiger partial charge is 0.328 e. The molecule has 3 aromatic carbocycles. The van der Waals surface area contributed by atoms with Crippen molar-refractivity contribution in [2.24, 2.45) is 14.1 Å². The van der Waals surface area contributed by atoms with Crippen LogP contribution in [0.4, 0.5) is 20.6 Å². The number of nitrogens with zero attached hydrogens (tertiary/aromatic N) is 2. The third kappa shape index (κ3) is 3.62. The zero-order chi connectivity index (χ0) is 21.3. The van der Waals surface area contributed by atoms with E-state index in [1.807, 2.05) is 18.2 Å². The molecule has 1 aromatic heterocycles. The van der Waals surface area contributed by atoms with Crippen molar-refractivity contribution >= 4 is 28.4 Å². The number of anilines is 2. The fourth-order valence-electron chi connectivity index (χ4n) is 3.16. The first-order valence-electron chi connectivity index (χ1n) is 9.19. The minimum Gasteiger partial charge on any atom is -0.455 e. The second-order valence-electron chi connectivity index (χ2n) is 6.71. The van der Waals surface area contributed by atoms with Crippen LogP contribution in [-0.4, -0.2) is 15.2 Å². The predicted octanol–water partition coefficient (Wildman–Crippen LogP) is 4.45. The van der Waals surface area contributed by atoms with Gasteiger partial charge in [0.25, 0.3) is 0 Å². The Hall–Kier alpha value is -4.07. The second-order valence-corrected chi connectivity index (χ2v) is 6.71. The van der Waals surface area contributed by atoms with E-state index in [4.69, 9.17) is 4.74 Å². The number of fused-ring (bicyclic) bond motifs is 1. The average molecular weight is 406 g/mol. The number of aromatic nitrogens is 2. The Bertz CT molecular complexity index is 1300. The fourth-order valence-corrected chi connectivity index (χ4v) is 3.16. The zero-order valence-electron chi connectivity index (χ0n) is 16.3. The molecular weight excluding hydrogens is 387 g/mol. The third-order valence-corrected chi connectivity index (χ3v) is 4.71. The monoisotopic (exact) mass is 406 g/mol. The van der Waals surface area contributed by atoms with Gasteiger partial charge in [0.2, 0.25) is 0 Å². The topological polar surface area (TPSA) is 77.3 Å². The van der Waals surface area contributed by atoms with Crippen molar-refractivity contribution in [3.8, 4) is 11.5 Å². The SMILES string of the molecule is Cn1c(=O)n(C)c2cc(Oc3ccccc3)c(NC(=O)Nc3ccccc3F)cc21. The lowest BCUT2D eigenvalue weighted by molar-refractivity contribution is 0.262. The second kappa shape index (κ2) is 7.75. The predicted molar refractivity (Wildman–Crippen MR) is 114 cm³/mol. The van der Waals surface area contributed by atoms with Crippen molar-refractivity contribution < 1.29 is 13.9 Å². The molecule has 2 N–H and O–H groups in total. The molecule has 0 spiro atoms. The van der Waals surface area contributed by atoms with Gasteiger partial charge in [-0.3, -0.25) is 9.13 Å². The summed E-state index contributed by atoms with van der Waals surface area (Å²) in [7, 11) is 3.31. The molecule has 2 amide bonds.